The van der Waals surface area contributed by atoms with Crippen LogP contribution in [0, 0.1) is 0 Å². The van der Waals surface area contributed by atoms with Gasteiger partial charge in [-0.15, -0.1) is 0 Å². The molecule has 1 aliphatic carbocycles. The van der Waals surface area contributed by atoms with E-state index in [1.807, 2.05) is 11.8 Å². The van der Waals surface area contributed by atoms with E-state index in [0.29, 0.717) is 38.6 Å². The number of carbonyl (C=O) groups is 2. The fraction of sp³-hybridized carbons (Fsp3) is 0.667. The Hall–Kier alpha value is -2.28. The van der Waals surface area contributed by atoms with Crippen molar-refractivity contribution in [2.45, 2.75) is 75.5 Å². The first-order valence-corrected chi connectivity index (χ1v) is 11.8. The van der Waals surface area contributed by atoms with Crippen molar-refractivity contribution in [2.24, 2.45) is 0 Å². The number of cyclic esters (lactones) is 1. The molecule has 2 aliphatic heterocycles. The lowest BCUT2D eigenvalue weighted by atomic mass is 9.78. The molecular formula is C24H35N3O4. The summed E-state index contributed by atoms with van der Waals surface area (Å²) in [7, 11) is 0. The molecule has 170 valence electrons. The van der Waals surface area contributed by atoms with E-state index in [1.165, 1.54) is 5.56 Å². The Morgan fingerprint density at radius 2 is 2.00 bits per heavy atom. The minimum absolute atomic E-state index is 0.0799. The highest BCUT2D eigenvalue weighted by atomic mass is 16.6. The van der Waals surface area contributed by atoms with Crippen molar-refractivity contribution in [3.05, 3.63) is 35.9 Å². The number of rotatable bonds is 5. The smallest absolute Gasteiger partial charge is 0.407 e. The molecule has 4 rings (SSSR count). The standard InChI is InChI=1S/C24H35N3O4/c1-2-25-22(28)27-15-6-13-24(14-16-30-23(29)26-24)21(27)17-31-20-11-9-19(10-12-20)18-7-4-3-5-8-18/h3-5,7-8,19-21H,2,6,9-17H2,1H3,(H,25,28)(H,26,29)/t19-,20+,21?,24?. The molecule has 1 aromatic carbocycles. The van der Waals surface area contributed by atoms with E-state index in [4.69, 9.17) is 9.47 Å². The minimum Gasteiger partial charge on any atom is -0.449 e. The fourth-order valence-corrected chi connectivity index (χ4v) is 5.51. The van der Waals surface area contributed by atoms with Crippen molar-refractivity contribution in [3.63, 3.8) is 0 Å². The maximum Gasteiger partial charge on any atom is 0.407 e. The van der Waals surface area contributed by atoms with Gasteiger partial charge in [0.1, 0.15) is 0 Å². The zero-order valence-electron chi connectivity index (χ0n) is 18.5. The lowest BCUT2D eigenvalue weighted by Crippen LogP contribution is -2.70. The van der Waals surface area contributed by atoms with Crippen LogP contribution in [-0.4, -0.2) is 61.0 Å². The summed E-state index contributed by atoms with van der Waals surface area (Å²) in [5.41, 5.74) is 0.944. The molecule has 3 aliphatic rings. The summed E-state index contributed by atoms with van der Waals surface area (Å²) in [5, 5.41) is 5.99. The van der Waals surface area contributed by atoms with Crippen molar-refractivity contribution >= 4 is 12.1 Å². The molecule has 3 amide bonds. The van der Waals surface area contributed by atoms with Gasteiger partial charge in [0.15, 0.2) is 0 Å². The van der Waals surface area contributed by atoms with Crippen molar-refractivity contribution in [2.75, 3.05) is 26.3 Å². The van der Waals surface area contributed by atoms with E-state index >= 15 is 0 Å². The van der Waals surface area contributed by atoms with Crippen LogP contribution < -0.4 is 10.6 Å². The van der Waals surface area contributed by atoms with Gasteiger partial charge in [-0.3, -0.25) is 0 Å². The van der Waals surface area contributed by atoms with Crippen LogP contribution >= 0.6 is 0 Å². The van der Waals surface area contributed by atoms with Gasteiger partial charge in [0.05, 0.1) is 30.9 Å². The summed E-state index contributed by atoms with van der Waals surface area (Å²) >= 11 is 0. The highest BCUT2D eigenvalue weighted by Crippen LogP contribution is 2.36. The quantitative estimate of drug-likeness (QED) is 0.746. The Balaban J connectivity index is 1.40. The van der Waals surface area contributed by atoms with Crippen molar-refractivity contribution in [1.29, 1.82) is 0 Å². The topological polar surface area (TPSA) is 79.9 Å². The number of piperidine rings is 1. The number of amides is 3. The molecule has 2 heterocycles. The SMILES string of the molecule is CCNC(=O)N1CCCC2(CCOC(=O)N2)C1CO[C@H]1CC[C@@H](c2ccccc2)CC1. The van der Waals surface area contributed by atoms with E-state index < -0.39 is 11.6 Å². The first kappa shape index (κ1) is 21.9. The Kier molecular flexibility index (Phi) is 7.00. The van der Waals surface area contributed by atoms with Gasteiger partial charge in [0, 0.05) is 19.5 Å². The maximum atomic E-state index is 12.8. The molecule has 2 atom stereocenters. The van der Waals surface area contributed by atoms with Gasteiger partial charge in [-0.2, -0.15) is 0 Å². The number of nitrogens with zero attached hydrogens (tertiary/aromatic N) is 1. The molecule has 0 aromatic heterocycles. The average Bonchev–Trinajstić information content (AvgIpc) is 2.79. The Morgan fingerprint density at radius 1 is 1.23 bits per heavy atom. The molecule has 2 N–H and O–H groups in total. The second kappa shape index (κ2) is 9.90. The van der Waals surface area contributed by atoms with Gasteiger partial charge in [-0.25, -0.2) is 9.59 Å². The largest absolute Gasteiger partial charge is 0.449 e. The van der Waals surface area contributed by atoms with Gasteiger partial charge in [-0.1, -0.05) is 30.3 Å². The number of urea groups is 1. The van der Waals surface area contributed by atoms with Gasteiger partial charge in [-0.05, 0) is 56.9 Å². The summed E-state index contributed by atoms with van der Waals surface area (Å²) in [5.74, 6) is 0.601. The molecule has 0 radical (unpaired) electrons. The zero-order valence-corrected chi connectivity index (χ0v) is 18.5. The molecule has 3 fully saturated rings. The second-order valence-corrected chi connectivity index (χ2v) is 9.03. The first-order chi connectivity index (χ1) is 15.1. The third-order valence-electron chi connectivity index (χ3n) is 7.19. The molecule has 1 spiro atoms. The molecule has 7 heteroatoms. The van der Waals surface area contributed by atoms with E-state index in [9.17, 15) is 9.59 Å². The fourth-order valence-electron chi connectivity index (χ4n) is 5.51. The number of nitrogens with one attached hydrogen (secondary N) is 2. The van der Waals surface area contributed by atoms with Crippen molar-refractivity contribution < 1.29 is 19.1 Å². The Labute approximate surface area is 184 Å². The summed E-state index contributed by atoms with van der Waals surface area (Å²) in [6.45, 7) is 4.00. The second-order valence-electron chi connectivity index (χ2n) is 9.03. The number of hydrogen-bond donors (Lipinski definition) is 2. The average molecular weight is 430 g/mol. The molecule has 7 nitrogen and oxygen atoms in total. The van der Waals surface area contributed by atoms with Crippen LogP contribution in [-0.2, 0) is 9.47 Å². The predicted molar refractivity (Wildman–Crippen MR) is 118 cm³/mol. The molecule has 2 saturated heterocycles. The number of likely N-dealkylation sites (tertiary alicyclic amines) is 1. The number of ether oxygens (including phenoxy) is 2. The summed E-state index contributed by atoms with van der Waals surface area (Å²) in [4.78, 5) is 26.7. The van der Waals surface area contributed by atoms with Gasteiger partial charge in [0.2, 0.25) is 0 Å². The number of hydrogen-bond acceptors (Lipinski definition) is 4. The zero-order chi connectivity index (χ0) is 21.7. The molecular weight excluding hydrogens is 394 g/mol. The van der Waals surface area contributed by atoms with Crippen molar-refractivity contribution in [1.82, 2.24) is 15.5 Å². The molecule has 0 bridgehead atoms. The van der Waals surface area contributed by atoms with Crippen molar-refractivity contribution in [3.8, 4) is 0 Å². The molecule has 31 heavy (non-hydrogen) atoms. The van der Waals surface area contributed by atoms with E-state index in [-0.39, 0.29) is 18.2 Å². The van der Waals surface area contributed by atoms with Crippen LogP contribution in [0.3, 0.4) is 0 Å². The summed E-state index contributed by atoms with van der Waals surface area (Å²) in [6, 6.07) is 10.5. The Bertz CT molecular complexity index is 746. The molecule has 1 saturated carbocycles. The normalized spacial score (nSPS) is 31.1. The van der Waals surface area contributed by atoms with Crippen LogP contribution in [0.4, 0.5) is 9.59 Å². The Morgan fingerprint density at radius 3 is 2.71 bits per heavy atom. The van der Waals surface area contributed by atoms with Crippen LogP contribution in [0.1, 0.15) is 63.4 Å². The summed E-state index contributed by atoms with van der Waals surface area (Å²) < 4.78 is 11.5. The van der Waals surface area contributed by atoms with Gasteiger partial charge in [0.25, 0.3) is 0 Å². The lowest BCUT2D eigenvalue weighted by Gasteiger charge is -2.51. The van der Waals surface area contributed by atoms with E-state index in [2.05, 4.69) is 41.0 Å². The number of alkyl carbamates (subject to hydrolysis) is 1. The lowest BCUT2D eigenvalue weighted by molar-refractivity contribution is -0.0525. The van der Waals surface area contributed by atoms with Crippen LogP contribution in [0.2, 0.25) is 0 Å². The van der Waals surface area contributed by atoms with Crippen LogP contribution in [0.5, 0.6) is 0 Å². The third kappa shape index (κ3) is 4.97. The van der Waals surface area contributed by atoms with Gasteiger partial charge >= 0.3 is 12.1 Å². The highest BCUT2D eigenvalue weighted by molar-refractivity contribution is 5.75. The number of carbonyl (C=O) groups excluding carboxylic acids is 2. The summed E-state index contributed by atoms with van der Waals surface area (Å²) in [6.07, 6.45) is 6.49. The third-order valence-corrected chi connectivity index (χ3v) is 7.19. The maximum absolute atomic E-state index is 12.8. The van der Waals surface area contributed by atoms with Gasteiger partial charge < -0.3 is 25.0 Å². The van der Waals surface area contributed by atoms with Crippen LogP contribution in [0.25, 0.3) is 0 Å². The molecule has 2 unspecified atom stereocenters. The number of benzene rings is 1. The molecule has 1 aromatic rings. The first-order valence-electron chi connectivity index (χ1n) is 11.8. The van der Waals surface area contributed by atoms with Crippen LogP contribution in [0.15, 0.2) is 30.3 Å². The van der Waals surface area contributed by atoms with E-state index in [1.54, 1.807) is 0 Å². The van der Waals surface area contributed by atoms with E-state index in [0.717, 1.165) is 38.5 Å². The predicted octanol–water partition coefficient (Wildman–Crippen LogP) is 3.79. The monoisotopic (exact) mass is 429 g/mol. The minimum atomic E-state index is -0.472. The highest BCUT2D eigenvalue weighted by Gasteiger charge is 2.49.